The molecule has 8 heteroatoms. The molecule has 0 amide bonds. The molecule has 0 saturated heterocycles. The fourth-order valence-corrected chi connectivity index (χ4v) is 2.69. The van der Waals surface area contributed by atoms with Crippen LogP contribution in [0.15, 0.2) is 53.6 Å². The highest BCUT2D eigenvalue weighted by Gasteiger charge is 2.15. The molecule has 2 aromatic heterocycles. The van der Waals surface area contributed by atoms with Gasteiger partial charge in [0.15, 0.2) is 0 Å². The molecule has 0 aliphatic carbocycles. The molecule has 2 aromatic carbocycles. The number of hydrogen-bond acceptors (Lipinski definition) is 5. The van der Waals surface area contributed by atoms with Crippen LogP contribution in [0.3, 0.4) is 0 Å². The number of nitrogens with zero attached hydrogens (tertiary/aromatic N) is 5. The summed E-state index contributed by atoms with van der Waals surface area (Å²) in [7, 11) is 0. The second kappa shape index (κ2) is 6.10. The number of rotatable bonds is 3. The predicted octanol–water partition coefficient (Wildman–Crippen LogP) is 4.09. The van der Waals surface area contributed by atoms with Gasteiger partial charge in [0.2, 0.25) is 5.82 Å². The first-order valence-corrected chi connectivity index (χ1v) is 7.75. The van der Waals surface area contributed by atoms with Gasteiger partial charge in [-0.25, -0.2) is 14.1 Å². The molecule has 0 bridgehead atoms. The zero-order chi connectivity index (χ0) is 17.4. The summed E-state index contributed by atoms with van der Waals surface area (Å²) in [5.74, 6) is 0.133. The quantitative estimate of drug-likeness (QED) is 0.553. The average Bonchev–Trinajstić information content (AvgIpc) is 3.28. The van der Waals surface area contributed by atoms with Crippen LogP contribution >= 0.6 is 11.6 Å². The molecule has 2 heterocycles. The van der Waals surface area contributed by atoms with Crippen molar-refractivity contribution in [2.24, 2.45) is 0 Å². The van der Waals surface area contributed by atoms with Crippen LogP contribution in [0.1, 0.15) is 5.56 Å². The molecule has 124 valence electrons. The highest BCUT2D eigenvalue weighted by molar-refractivity contribution is 6.33. The van der Waals surface area contributed by atoms with Crippen molar-refractivity contribution in [3.8, 4) is 28.5 Å². The van der Waals surface area contributed by atoms with Crippen LogP contribution in [0.25, 0.3) is 28.5 Å². The lowest BCUT2D eigenvalue weighted by Gasteiger charge is -2.06. The Bertz CT molecular complexity index is 1050. The second-order valence-electron chi connectivity index (χ2n) is 5.39. The van der Waals surface area contributed by atoms with Crippen molar-refractivity contribution in [3.63, 3.8) is 0 Å². The summed E-state index contributed by atoms with van der Waals surface area (Å²) in [6.45, 7) is 1.95. The lowest BCUT2D eigenvalue weighted by Crippen LogP contribution is -1.97. The zero-order valence-corrected chi connectivity index (χ0v) is 13.8. The van der Waals surface area contributed by atoms with Gasteiger partial charge in [-0.2, -0.15) is 10.1 Å². The maximum atomic E-state index is 13.4. The molecule has 25 heavy (non-hydrogen) atoms. The van der Waals surface area contributed by atoms with Gasteiger partial charge in [0.1, 0.15) is 18.5 Å². The van der Waals surface area contributed by atoms with Crippen LogP contribution in [0, 0.1) is 12.7 Å². The fourth-order valence-electron chi connectivity index (χ4n) is 2.50. The van der Waals surface area contributed by atoms with Gasteiger partial charge in [-0.1, -0.05) is 16.8 Å². The van der Waals surface area contributed by atoms with Crippen LogP contribution in [0.2, 0.25) is 5.02 Å². The summed E-state index contributed by atoms with van der Waals surface area (Å²) in [6.07, 6.45) is 3.10. The normalized spacial score (nSPS) is 11.0. The van der Waals surface area contributed by atoms with Gasteiger partial charge in [-0.15, -0.1) is 0 Å². The molecule has 0 aliphatic rings. The largest absolute Gasteiger partial charge is 0.334 e. The summed E-state index contributed by atoms with van der Waals surface area (Å²) in [5, 5.41) is 8.42. The van der Waals surface area contributed by atoms with Gasteiger partial charge in [0.05, 0.1) is 16.3 Å². The number of hydrogen-bond donors (Lipinski definition) is 0. The van der Waals surface area contributed by atoms with Gasteiger partial charge in [-0.3, -0.25) is 0 Å². The third kappa shape index (κ3) is 2.89. The molecule has 0 unspecified atom stereocenters. The lowest BCUT2D eigenvalue weighted by atomic mass is 10.1. The Morgan fingerprint density at radius 1 is 1.16 bits per heavy atom. The smallest absolute Gasteiger partial charge is 0.259 e. The zero-order valence-electron chi connectivity index (χ0n) is 13.0. The number of benzene rings is 2. The summed E-state index contributed by atoms with van der Waals surface area (Å²) in [4.78, 5) is 8.26. The van der Waals surface area contributed by atoms with Crippen molar-refractivity contribution in [2.45, 2.75) is 6.92 Å². The summed E-state index contributed by atoms with van der Waals surface area (Å²) < 4.78 is 20.4. The first kappa shape index (κ1) is 15.5. The van der Waals surface area contributed by atoms with E-state index in [2.05, 4.69) is 20.2 Å². The van der Waals surface area contributed by atoms with Crippen molar-refractivity contribution in [2.75, 3.05) is 0 Å². The van der Waals surface area contributed by atoms with E-state index in [9.17, 15) is 4.39 Å². The Balaban J connectivity index is 1.71. The van der Waals surface area contributed by atoms with Gasteiger partial charge >= 0.3 is 0 Å². The molecule has 0 saturated carbocycles. The highest BCUT2D eigenvalue weighted by Crippen LogP contribution is 2.29. The molecule has 0 fully saturated rings. The van der Waals surface area contributed by atoms with Gasteiger partial charge in [0, 0.05) is 5.56 Å². The first-order valence-electron chi connectivity index (χ1n) is 7.37. The lowest BCUT2D eigenvalue weighted by molar-refractivity contribution is 0.432. The van der Waals surface area contributed by atoms with Crippen molar-refractivity contribution in [1.29, 1.82) is 0 Å². The van der Waals surface area contributed by atoms with E-state index in [1.807, 2.05) is 25.1 Å². The van der Waals surface area contributed by atoms with Crippen molar-refractivity contribution >= 4 is 11.6 Å². The van der Waals surface area contributed by atoms with Gasteiger partial charge in [0.25, 0.3) is 5.89 Å². The molecule has 0 aliphatic heterocycles. The fraction of sp³-hybridized carbons (Fsp3) is 0.0588. The van der Waals surface area contributed by atoms with Crippen LogP contribution < -0.4 is 0 Å². The molecule has 6 nitrogen and oxygen atoms in total. The van der Waals surface area contributed by atoms with Gasteiger partial charge in [-0.05, 0) is 48.9 Å². The Morgan fingerprint density at radius 3 is 2.80 bits per heavy atom. The molecule has 0 spiro atoms. The maximum Gasteiger partial charge on any atom is 0.259 e. The Morgan fingerprint density at radius 2 is 2.04 bits per heavy atom. The van der Waals surface area contributed by atoms with Crippen LogP contribution in [0.5, 0.6) is 0 Å². The van der Waals surface area contributed by atoms with Crippen LogP contribution in [-0.2, 0) is 0 Å². The van der Waals surface area contributed by atoms with E-state index < -0.39 is 5.82 Å². The molecule has 4 rings (SSSR count). The number of aryl methyl sites for hydroxylation is 1. The number of halogens is 2. The maximum absolute atomic E-state index is 13.4. The molecule has 0 N–H and O–H groups in total. The predicted molar refractivity (Wildman–Crippen MR) is 89.8 cm³/mol. The van der Waals surface area contributed by atoms with Crippen LogP contribution in [0.4, 0.5) is 4.39 Å². The summed E-state index contributed by atoms with van der Waals surface area (Å²) >= 11 is 6.08. The molecule has 4 aromatic rings. The van der Waals surface area contributed by atoms with E-state index in [0.29, 0.717) is 16.4 Å². The monoisotopic (exact) mass is 355 g/mol. The van der Waals surface area contributed by atoms with E-state index in [4.69, 9.17) is 16.1 Å². The summed E-state index contributed by atoms with van der Waals surface area (Å²) in [5.41, 5.74) is 3.00. The SMILES string of the molecule is Cc1cc(-c2noc(-c3cc(F)ccc3Cl)n2)ccc1-n1cncn1. The van der Waals surface area contributed by atoms with E-state index in [-0.39, 0.29) is 5.89 Å². The molecular weight excluding hydrogens is 345 g/mol. The Labute approximate surface area is 146 Å². The van der Waals surface area contributed by atoms with Crippen molar-refractivity contribution in [1.82, 2.24) is 24.9 Å². The molecular formula is C17H11ClFN5O. The third-order valence-electron chi connectivity index (χ3n) is 3.71. The Kier molecular flexibility index (Phi) is 3.77. The van der Waals surface area contributed by atoms with E-state index >= 15 is 0 Å². The minimum absolute atomic E-state index is 0.164. The second-order valence-corrected chi connectivity index (χ2v) is 5.80. The minimum atomic E-state index is -0.424. The summed E-state index contributed by atoms with van der Waals surface area (Å²) in [6, 6.07) is 9.65. The Hall–Kier alpha value is -3.06. The van der Waals surface area contributed by atoms with Crippen LogP contribution in [-0.4, -0.2) is 24.9 Å². The topological polar surface area (TPSA) is 69.6 Å². The minimum Gasteiger partial charge on any atom is -0.334 e. The average molecular weight is 356 g/mol. The van der Waals surface area contributed by atoms with Crippen molar-refractivity contribution < 1.29 is 8.91 Å². The first-order chi connectivity index (χ1) is 12.1. The molecule has 0 radical (unpaired) electrons. The standard InChI is InChI=1S/C17H11ClFN5O/c1-10-6-11(2-5-15(10)24-9-20-8-21-24)16-22-17(25-23-16)13-7-12(19)3-4-14(13)18/h2-9H,1H3. The third-order valence-corrected chi connectivity index (χ3v) is 4.03. The van der Waals surface area contributed by atoms with E-state index in [0.717, 1.165) is 16.8 Å². The molecule has 0 atom stereocenters. The van der Waals surface area contributed by atoms with Crippen molar-refractivity contribution in [3.05, 3.63) is 65.5 Å². The highest BCUT2D eigenvalue weighted by atomic mass is 35.5. The van der Waals surface area contributed by atoms with E-state index in [1.54, 1.807) is 11.0 Å². The number of aromatic nitrogens is 5. The van der Waals surface area contributed by atoms with Gasteiger partial charge < -0.3 is 4.52 Å². The van der Waals surface area contributed by atoms with E-state index in [1.165, 1.54) is 24.5 Å².